The van der Waals surface area contributed by atoms with Crippen LogP contribution in [0.2, 0.25) is 0 Å². The normalized spacial score (nSPS) is 16.3. The smallest absolute Gasteiger partial charge is 0.107 e. The molecule has 0 aromatic carbocycles. The number of pyridine rings is 1. The van der Waals surface area contributed by atoms with Crippen molar-refractivity contribution in [3.05, 3.63) is 23.0 Å². The molecule has 0 saturated carbocycles. The first kappa shape index (κ1) is 14.6. The predicted octanol–water partition coefficient (Wildman–Crippen LogP) is 2.89. The Bertz CT molecular complexity index is 468. The maximum Gasteiger partial charge on any atom is 0.107 e. The number of nitrogens with two attached hydrogens (primary N) is 1. The molecule has 0 radical (unpaired) electrons. The summed E-state index contributed by atoms with van der Waals surface area (Å²) < 4.78 is 0. The molecule has 2 heterocycles. The van der Waals surface area contributed by atoms with Gasteiger partial charge < -0.3 is 11.1 Å². The molecule has 3 nitrogen and oxygen atoms in total. The van der Waals surface area contributed by atoms with Crippen LogP contribution in [0, 0.1) is 19.8 Å². The van der Waals surface area contributed by atoms with Crippen molar-refractivity contribution in [2.75, 3.05) is 23.4 Å². The predicted molar refractivity (Wildman–Crippen MR) is 88.1 cm³/mol. The van der Waals surface area contributed by atoms with E-state index in [1.54, 1.807) is 0 Å². The van der Waals surface area contributed by atoms with Crippen molar-refractivity contribution < 1.29 is 0 Å². The molecule has 1 aromatic heterocycles. The monoisotopic (exact) mass is 295 g/mol. The van der Waals surface area contributed by atoms with E-state index >= 15 is 0 Å². The zero-order valence-electron chi connectivity index (χ0n) is 11.5. The molecule has 0 bridgehead atoms. The molecule has 0 spiro atoms. The Kier molecular flexibility index (Phi) is 5.05. The minimum absolute atomic E-state index is 0.423. The fourth-order valence-electron chi connectivity index (χ4n) is 2.48. The lowest BCUT2D eigenvalue weighted by Gasteiger charge is -2.23. The van der Waals surface area contributed by atoms with Crippen LogP contribution in [0.3, 0.4) is 0 Å². The summed E-state index contributed by atoms with van der Waals surface area (Å²) in [5.74, 6) is 3.32. The molecule has 1 aliphatic rings. The topological polar surface area (TPSA) is 50.9 Å². The van der Waals surface area contributed by atoms with E-state index < -0.39 is 0 Å². The summed E-state index contributed by atoms with van der Waals surface area (Å²) in [6.45, 7) is 4.96. The highest BCUT2D eigenvalue weighted by Gasteiger charge is 2.16. The third kappa shape index (κ3) is 3.83. The summed E-state index contributed by atoms with van der Waals surface area (Å²) in [4.78, 5) is 4.86. The van der Waals surface area contributed by atoms with Crippen LogP contribution in [-0.4, -0.2) is 28.0 Å². The molecule has 0 unspecified atom stereocenters. The summed E-state index contributed by atoms with van der Waals surface area (Å²) in [5.41, 5.74) is 9.66. The molecule has 1 saturated heterocycles. The fourth-order valence-corrected chi connectivity index (χ4v) is 3.95. The molecular formula is C14H21N3S2. The van der Waals surface area contributed by atoms with Crippen molar-refractivity contribution in [3.8, 4) is 0 Å². The van der Waals surface area contributed by atoms with Gasteiger partial charge in [-0.3, -0.25) is 4.98 Å². The van der Waals surface area contributed by atoms with Crippen molar-refractivity contribution in [1.82, 2.24) is 4.98 Å². The molecule has 19 heavy (non-hydrogen) atoms. The Morgan fingerprint density at radius 3 is 2.79 bits per heavy atom. The maximum absolute atomic E-state index is 5.82. The minimum atomic E-state index is 0.423. The summed E-state index contributed by atoms with van der Waals surface area (Å²) >= 11 is 7.20. The zero-order valence-corrected chi connectivity index (χ0v) is 13.2. The van der Waals surface area contributed by atoms with Crippen molar-refractivity contribution in [2.45, 2.75) is 26.7 Å². The molecule has 5 heteroatoms. The first-order valence-electron chi connectivity index (χ1n) is 6.67. The van der Waals surface area contributed by atoms with Crippen LogP contribution in [0.4, 0.5) is 5.69 Å². The number of thiocarbonyl (C=S) groups is 1. The number of aromatic nitrogens is 1. The molecule has 0 amide bonds. The summed E-state index contributed by atoms with van der Waals surface area (Å²) in [5, 5.41) is 3.53. The van der Waals surface area contributed by atoms with Gasteiger partial charge in [-0.25, -0.2) is 0 Å². The third-order valence-electron chi connectivity index (χ3n) is 3.50. The summed E-state index contributed by atoms with van der Waals surface area (Å²) in [6, 6.07) is 2.04. The second kappa shape index (κ2) is 6.57. The van der Waals surface area contributed by atoms with Crippen LogP contribution in [0.15, 0.2) is 6.07 Å². The van der Waals surface area contributed by atoms with Crippen molar-refractivity contribution in [1.29, 1.82) is 0 Å². The van der Waals surface area contributed by atoms with Gasteiger partial charge in [-0.15, -0.1) is 0 Å². The molecule has 2 rings (SSSR count). The van der Waals surface area contributed by atoms with Gasteiger partial charge in [-0.2, -0.15) is 11.8 Å². The van der Waals surface area contributed by atoms with Gasteiger partial charge in [0.25, 0.3) is 0 Å². The van der Waals surface area contributed by atoms with E-state index in [0.717, 1.165) is 35.1 Å². The number of hydrogen-bond donors (Lipinski definition) is 2. The van der Waals surface area contributed by atoms with Gasteiger partial charge in [0.05, 0.1) is 5.56 Å². The second-order valence-electron chi connectivity index (χ2n) is 5.07. The van der Waals surface area contributed by atoms with Crippen LogP contribution < -0.4 is 11.1 Å². The average molecular weight is 295 g/mol. The lowest BCUT2D eigenvalue weighted by molar-refractivity contribution is 0.516. The van der Waals surface area contributed by atoms with Gasteiger partial charge in [0.2, 0.25) is 0 Å². The highest BCUT2D eigenvalue weighted by atomic mass is 32.2. The molecule has 1 fully saturated rings. The van der Waals surface area contributed by atoms with Gasteiger partial charge in [0.15, 0.2) is 0 Å². The van der Waals surface area contributed by atoms with E-state index in [9.17, 15) is 0 Å². The third-order valence-corrected chi connectivity index (χ3v) is 4.75. The Morgan fingerprint density at radius 1 is 1.47 bits per heavy atom. The molecule has 1 aliphatic heterocycles. The first-order chi connectivity index (χ1) is 9.08. The molecule has 0 aliphatic carbocycles. The number of nitrogens with one attached hydrogen (secondary N) is 1. The van der Waals surface area contributed by atoms with Crippen LogP contribution in [0.5, 0.6) is 0 Å². The number of hydrogen-bond acceptors (Lipinski definition) is 4. The zero-order chi connectivity index (χ0) is 13.8. The maximum atomic E-state index is 5.82. The SMILES string of the molecule is Cc1cc(NCC2CCSCC2)c(C(N)=S)c(C)n1. The number of nitrogens with zero attached hydrogens (tertiary/aromatic N) is 1. The van der Waals surface area contributed by atoms with E-state index in [0.29, 0.717) is 4.99 Å². The lowest BCUT2D eigenvalue weighted by atomic mass is 10.0. The minimum Gasteiger partial charge on any atom is -0.389 e. The van der Waals surface area contributed by atoms with Crippen molar-refractivity contribution >= 4 is 34.7 Å². The van der Waals surface area contributed by atoms with Gasteiger partial charge >= 0.3 is 0 Å². The number of thioether (sulfide) groups is 1. The first-order valence-corrected chi connectivity index (χ1v) is 8.24. The van der Waals surface area contributed by atoms with Crippen LogP contribution in [-0.2, 0) is 0 Å². The average Bonchev–Trinajstić information content (AvgIpc) is 2.36. The quantitative estimate of drug-likeness (QED) is 0.837. The fraction of sp³-hybridized carbons (Fsp3) is 0.571. The number of rotatable bonds is 4. The van der Waals surface area contributed by atoms with E-state index in [4.69, 9.17) is 18.0 Å². The second-order valence-corrected chi connectivity index (χ2v) is 6.74. The molecule has 104 valence electrons. The van der Waals surface area contributed by atoms with Gasteiger partial charge in [-0.05, 0) is 50.2 Å². The number of aryl methyl sites for hydroxylation is 2. The van der Waals surface area contributed by atoms with E-state index in [1.807, 2.05) is 19.9 Å². The van der Waals surface area contributed by atoms with Crippen LogP contribution in [0.1, 0.15) is 29.8 Å². The van der Waals surface area contributed by atoms with E-state index in [1.165, 1.54) is 24.3 Å². The van der Waals surface area contributed by atoms with Gasteiger partial charge in [0, 0.05) is 23.6 Å². The Balaban J connectivity index is 2.12. The van der Waals surface area contributed by atoms with Gasteiger partial charge in [-0.1, -0.05) is 12.2 Å². The summed E-state index contributed by atoms with van der Waals surface area (Å²) in [7, 11) is 0. The van der Waals surface area contributed by atoms with Gasteiger partial charge in [0.1, 0.15) is 4.99 Å². The summed E-state index contributed by atoms with van der Waals surface area (Å²) in [6.07, 6.45) is 2.59. The van der Waals surface area contributed by atoms with Crippen molar-refractivity contribution in [3.63, 3.8) is 0 Å². The highest BCUT2D eigenvalue weighted by molar-refractivity contribution is 7.99. The largest absolute Gasteiger partial charge is 0.389 e. The Labute approximate surface area is 124 Å². The standard InChI is InChI=1S/C14H21N3S2/c1-9-7-12(13(14(15)18)10(2)17-9)16-8-11-3-5-19-6-4-11/h7,11H,3-6,8H2,1-2H3,(H2,15,18)(H,16,17). The molecule has 0 atom stereocenters. The van der Waals surface area contributed by atoms with Crippen LogP contribution >= 0.6 is 24.0 Å². The van der Waals surface area contributed by atoms with E-state index in [2.05, 4.69) is 22.1 Å². The Morgan fingerprint density at radius 2 is 2.16 bits per heavy atom. The van der Waals surface area contributed by atoms with E-state index in [-0.39, 0.29) is 0 Å². The Hall–Kier alpha value is -0.810. The number of anilines is 1. The molecular weight excluding hydrogens is 274 g/mol. The lowest BCUT2D eigenvalue weighted by Crippen LogP contribution is -2.22. The molecule has 3 N–H and O–H groups in total. The van der Waals surface area contributed by atoms with Crippen molar-refractivity contribution in [2.24, 2.45) is 11.7 Å². The molecule has 1 aromatic rings. The highest BCUT2D eigenvalue weighted by Crippen LogP contribution is 2.25. The van der Waals surface area contributed by atoms with Crippen LogP contribution in [0.25, 0.3) is 0 Å².